The minimum atomic E-state index is -0.182. The fourth-order valence-electron chi connectivity index (χ4n) is 4.04. The number of anilines is 2. The van der Waals surface area contributed by atoms with Gasteiger partial charge in [-0.1, -0.05) is 17.7 Å². The van der Waals surface area contributed by atoms with E-state index in [4.69, 9.17) is 21.1 Å². The lowest BCUT2D eigenvalue weighted by Gasteiger charge is -2.29. The van der Waals surface area contributed by atoms with Crippen LogP contribution < -0.4 is 14.8 Å². The van der Waals surface area contributed by atoms with Gasteiger partial charge in [-0.2, -0.15) is 0 Å². The van der Waals surface area contributed by atoms with Crippen molar-refractivity contribution in [2.45, 2.75) is 25.6 Å². The molecule has 0 atom stereocenters. The molecule has 0 spiro atoms. The van der Waals surface area contributed by atoms with Crippen molar-refractivity contribution in [3.63, 3.8) is 0 Å². The van der Waals surface area contributed by atoms with Crippen LogP contribution >= 0.6 is 11.6 Å². The fraction of sp³-hybridized carbons (Fsp3) is 0.320. The second kappa shape index (κ2) is 10.9. The second-order valence-electron chi connectivity index (χ2n) is 8.44. The van der Waals surface area contributed by atoms with E-state index in [1.165, 1.54) is 0 Å². The maximum absolute atomic E-state index is 9.68. The number of H-pyrrole nitrogens is 1. The van der Waals surface area contributed by atoms with Crippen LogP contribution in [0.1, 0.15) is 18.5 Å². The van der Waals surface area contributed by atoms with Crippen LogP contribution in [0.25, 0.3) is 10.9 Å². The van der Waals surface area contributed by atoms with Crippen LogP contribution in [0.15, 0.2) is 55.0 Å². The van der Waals surface area contributed by atoms with E-state index >= 15 is 0 Å². The van der Waals surface area contributed by atoms with Crippen molar-refractivity contribution in [3.8, 4) is 11.6 Å². The number of aliphatic hydroxyl groups is 1. The molecule has 1 aliphatic heterocycles. The Morgan fingerprint density at radius 2 is 2.03 bits per heavy atom. The van der Waals surface area contributed by atoms with Gasteiger partial charge in [0.15, 0.2) is 0 Å². The van der Waals surface area contributed by atoms with Crippen molar-refractivity contribution in [2.75, 3.05) is 31.6 Å². The molecule has 182 valence electrons. The molecule has 4 heterocycles. The number of halogens is 1. The standard InChI is InChI=1S/C25H27ClN6O3/c26-20-13-17(4-5-23(20)35-16-18-3-1-2-8-28-18)29-21-14-27-15-22-24(21)25(31-30-22)34-12-11-32-9-6-19(33)7-10-32/h1-5,8,13-15,19,29,33H,6-7,9-12,16H2,(H,30,31). The van der Waals surface area contributed by atoms with E-state index in [1.54, 1.807) is 24.7 Å². The van der Waals surface area contributed by atoms with Crippen molar-refractivity contribution >= 4 is 33.9 Å². The molecule has 10 heteroatoms. The van der Waals surface area contributed by atoms with Gasteiger partial charge in [0.05, 0.1) is 45.8 Å². The molecule has 0 saturated carbocycles. The Morgan fingerprint density at radius 1 is 1.14 bits per heavy atom. The summed E-state index contributed by atoms with van der Waals surface area (Å²) in [5.74, 6) is 1.10. The summed E-state index contributed by atoms with van der Waals surface area (Å²) in [4.78, 5) is 10.9. The largest absolute Gasteiger partial charge is 0.486 e. The predicted molar refractivity (Wildman–Crippen MR) is 134 cm³/mol. The molecule has 0 bridgehead atoms. The number of ether oxygens (including phenoxy) is 2. The van der Waals surface area contributed by atoms with E-state index < -0.39 is 0 Å². The van der Waals surface area contributed by atoms with Crippen LogP contribution in [0.3, 0.4) is 0 Å². The molecule has 9 nitrogen and oxygen atoms in total. The van der Waals surface area contributed by atoms with Crippen molar-refractivity contribution in [1.29, 1.82) is 0 Å². The molecular weight excluding hydrogens is 468 g/mol. The number of benzene rings is 1. The number of hydrogen-bond acceptors (Lipinski definition) is 8. The van der Waals surface area contributed by atoms with Gasteiger partial charge in [-0.15, -0.1) is 5.10 Å². The highest BCUT2D eigenvalue weighted by atomic mass is 35.5. The molecule has 0 radical (unpaired) electrons. The Morgan fingerprint density at radius 3 is 2.83 bits per heavy atom. The Labute approximate surface area is 208 Å². The van der Waals surface area contributed by atoms with Crippen LogP contribution in [0.2, 0.25) is 5.02 Å². The number of pyridine rings is 2. The zero-order chi connectivity index (χ0) is 24.0. The van der Waals surface area contributed by atoms with E-state index in [9.17, 15) is 5.11 Å². The van der Waals surface area contributed by atoms with Crippen LogP contribution in [0.4, 0.5) is 11.4 Å². The Balaban J connectivity index is 1.25. The number of likely N-dealkylation sites (tertiary alicyclic amines) is 1. The molecular formula is C25H27ClN6O3. The summed E-state index contributed by atoms with van der Waals surface area (Å²) in [6, 6.07) is 11.2. The van der Waals surface area contributed by atoms with Gasteiger partial charge in [-0.3, -0.25) is 20.0 Å². The molecule has 0 aliphatic carbocycles. The molecule has 1 fully saturated rings. The highest BCUT2D eigenvalue weighted by molar-refractivity contribution is 6.32. The average Bonchev–Trinajstić information content (AvgIpc) is 3.29. The van der Waals surface area contributed by atoms with Gasteiger partial charge in [0.25, 0.3) is 0 Å². The third-order valence-corrected chi connectivity index (χ3v) is 6.25. The number of rotatable bonds is 9. The average molecular weight is 495 g/mol. The highest BCUT2D eigenvalue weighted by Gasteiger charge is 2.18. The molecule has 1 aliphatic rings. The van der Waals surface area contributed by atoms with Gasteiger partial charge in [0.2, 0.25) is 5.88 Å². The van der Waals surface area contributed by atoms with Crippen LogP contribution in [0.5, 0.6) is 11.6 Å². The maximum atomic E-state index is 9.68. The van der Waals surface area contributed by atoms with Gasteiger partial charge >= 0.3 is 0 Å². The van der Waals surface area contributed by atoms with Crippen LogP contribution in [-0.4, -0.2) is 62.5 Å². The third kappa shape index (κ3) is 5.82. The summed E-state index contributed by atoms with van der Waals surface area (Å²) in [5, 5.41) is 21.7. The quantitative estimate of drug-likeness (QED) is 0.318. The summed E-state index contributed by atoms with van der Waals surface area (Å²) in [5.41, 5.74) is 3.14. The fourth-order valence-corrected chi connectivity index (χ4v) is 4.28. The first kappa shape index (κ1) is 23.3. The topological polar surface area (TPSA) is 108 Å². The Kier molecular flexibility index (Phi) is 7.27. The molecule has 4 aromatic rings. The normalized spacial score (nSPS) is 14.8. The maximum Gasteiger partial charge on any atom is 0.242 e. The number of nitrogens with one attached hydrogen (secondary N) is 2. The first-order valence-electron chi connectivity index (χ1n) is 11.6. The van der Waals surface area contributed by atoms with Crippen molar-refractivity contribution in [2.24, 2.45) is 0 Å². The monoisotopic (exact) mass is 494 g/mol. The van der Waals surface area contributed by atoms with E-state index in [0.717, 1.165) is 60.4 Å². The summed E-state index contributed by atoms with van der Waals surface area (Å²) in [7, 11) is 0. The second-order valence-corrected chi connectivity index (χ2v) is 8.85. The zero-order valence-corrected chi connectivity index (χ0v) is 19.9. The van der Waals surface area contributed by atoms with Gasteiger partial charge in [0.1, 0.15) is 19.0 Å². The number of hydrogen-bond donors (Lipinski definition) is 3. The smallest absolute Gasteiger partial charge is 0.242 e. The first-order valence-corrected chi connectivity index (χ1v) is 12.0. The van der Waals surface area contributed by atoms with E-state index in [-0.39, 0.29) is 6.10 Å². The molecule has 35 heavy (non-hydrogen) atoms. The van der Waals surface area contributed by atoms with Crippen molar-refractivity contribution < 1.29 is 14.6 Å². The SMILES string of the molecule is OC1CCN(CCOc2n[nH]c3cncc(Nc4ccc(OCc5ccccn5)c(Cl)c4)c23)CC1. The van der Waals surface area contributed by atoms with Gasteiger partial charge in [0, 0.05) is 31.5 Å². The molecule has 3 N–H and O–H groups in total. The van der Waals surface area contributed by atoms with E-state index in [1.807, 2.05) is 30.3 Å². The van der Waals surface area contributed by atoms with E-state index in [0.29, 0.717) is 29.9 Å². The summed E-state index contributed by atoms with van der Waals surface area (Å²) in [6.07, 6.45) is 6.61. The van der Waals surface area contributed by atoms with Crippen molar-refractivity contribution in [1.82, 2.24) is 25.1 Å². The molecule has 3 aromatic heterocycles. The molecule has 1 saturated heterocycles. The van der Waals surface area contributed by atoms with Gasteiger partial charge in [-0.05, 0) is 43.2 Å². The Hall–Kier alpha value is -3.40. The van der Waals surface area contributed by atoms with Crippen LogP contribution in [0, 0.1) is 0 Å². The van der Waals surface area contributed by atoms with Gasteiger partial charge < -0.3 is 19.9 Å². The number of aromatic nitrogens is 4. The lowest BCUT2D eigenvalue weighted by molar-refractivity contribution is 0.0752. The first-order chi connectivity index (χ1) is 17.2. The number of piperidine rings is 1. The third-order valence-electron chi connectivity index (χ3n) is 5.95. The summed E-state index contributed by atoms with van der Waals surface area (Å²) < 4.78 is 11.8. The lowest BCUT2D eigenvalue weighted by Crippen LogP contribution is -2.38. The lowest BCUT2D eigenvalue weighted by atomic mass is 10.1. The highest BCUT2D eigenvalue weighted by Crippen LogP contribution is 2.34. The summed E-state index contributed by atoms with van der Waals surface area (Å²) >= 11 is 6.48. The van der Waals surface area contributed by atoms with Crippen molar-refractivity contribution in [3.05, 3.63) is 65.7 Å². The predicted octanol–water partition coefficient (Wildman–Crippen LogP) is 4.16. The molecule has 0 unspecified atom stereocenters. The van der Waals surface area contributed by atoms with E-state index in [2.05, 4.69) is 30.4 Å². The Bertz CT molecular complexity index is 1260. The minimum Gasteiger partial charge on any atom is -0.486 e. The molecule has 5 rings (SSSR count). The number of aromatic amines is 1. The minimum absolute atomic E-state index is 0.182. The number of aliphatic hydroxyl groups excluding tert-OH is 1. The molecule has 0 amide bonds. The zero-order valence-electron chi connectivity index (χ0n) is 19.2. The van der Waals surface area contributed by atoms with Crippen LogP contribution in [-0.2, 0) is 6.61 Å². The van der Waals surface area contributed by atoms with Gasteiger partial charge in [-0.25, -0.2) is 0 Å². The number of fused-ring (bicyclic) bond motifs is 1. The summed E-state index contributed by atoms with van der Waals surface area (Å²) in [6.45, 7) is 3.39. The number of nitrogens with zero attached hydrogens (tertiary/aromatic N) is 4. The molecule has 1 aromatic carbocycles.